The van der Waals surface area contributed by atoms with Gasteiger partial charge in [0.05, 0.1) is 5.69 Å². The van der Waals surface area contributed by atoms with E-state index in [0.29, 0.717) is 6.61 Å². The lowest BCUT2D eigenvalue weighted by Gasteiger charge is -2.03. The molecule has 0 spiro atoms. The fourth-order valence-electron chi connectivity index (χ4n) is 1.39. The van der Waals surface area contributed by atoms with Gasteiger partial charge in [-0.3, -0.25) is 0 Å². The normalized spacial score (nSPS) is 10.4. The van der Waals surface area contributed by atoms with Gasteiger partial charge in [0.2, 0.25) is 0 Å². The lowest BCUT2D eigenvalue weighted by Crippen LogP contribution is -1.95. The molecular formula is C12H13BrN2O. The summed E-state index contributed by atoms with van der Waals surface area (Å²) in [6.07, 6.45) is 1.98. The van der Waals surface area contributed by atoms with Crippen LogP contribution in [-0.2, 0) is 13.7 Å². The molecule has 0 atom stereocenters. The van der Waals surface area contributed by atoms with E-state index in [2.05, 4.69) is 20.9 Å². The van der Waals surface area contributed by atoms with Gasteiger partial charge in [-0.1, -0.05) is 15.9 Å². The third-order valence-electron chi connectivity index (χ3n) is 2.36. The minimum Gasteiger partial charge on any atom is -0.487 e. The van der Waals surface area contributed by atoms with Crippen molar-refractivity contribution in [3.05, 3.63) is 46.5 Å². The molecule has 0 unspecified atom stereocenters. The SMILES string of the molecule is Cc1nc(COc2ccc(Br)cc2)cn1C. The Hall–Kier alpha value is -1.29. The molecule has 0 bridgehead atoms. The molecule has 0 saturated carbocycles. The van der Waals surface area contributed by atoms with E-state index in [9.17, 15) is 0 Å². The van der Waals surface area contributed by atoms with E-state index in [1.165, 1.54) is 0 Å². The molecule has 0 fully saturated rings. The van der Waals surface area contributed by atoms with Crippen molar-refractivity contribution in [3.63, 3.8) is 0 Å². The smallest absolute Gasteiger partial charge is 0.132 e. The zero-order valence-electron chi connectivity index (χ0n) is 9.27. The highest BCUT2D eigenvalue weighted by Crippen LogP contribution is 2.17. The molecule has 0 saturated heterocycles. The summed E-state index contributed by atoms with van der Waals surface area (Å²) in [6, 6.07) is 7.78. The van der Waals surface area contributed by atoms with Gasteiger partial charge in [-0.2, -0.15) is 0 Å². The lowest BCUT2D eigenvalue weighted by molar-refractivity contribution is 0.301. The van der Waals surface area contributed by atoms with Crippen LogP contribution in [0.3, 0.4) is 0 Å². The van der Waals surface area contributed by atoms with Crippen LogP contribution >= 0.6 is 15.9 Å². The van der Waals surface area contributed by atoms with Gasteiger partial charge < -0.3 is 9.30 Å². The highest BCUT2D eigenvalue weighted by atomic mass is 79.9. The van der Waals surface area contributed by atoms with Gasteiger partial charge in [0.15, 0.2) is 0 Å². The van der Waals surface area contributed by atoms with Gasteiger partial charge in [-0.15, -0.1) is 0 Å². The summed E-state index contributed by atoms with van der Waals surface area (Å²) in [5.41, 5.74) is 0.947. The second-order valence-electron chi connectivity index (χ2n) is 3.63. The number of rotatable bonds is 3. The minimum absolute atomic E-state index is 0.503. The summed E-state index contributed by atoms with van der Waals surface area (Å²) in [7, 11) is 1.98. The molecule has 1 aromatic heterocycles. The van der Waals surface area contributed by atoms with Crippen molar-refractivity contribution in [2.75, 3.05) is 0 Å². The Kier molecular flexibility index (Phi) is 3.29. The van der Waals surface area contributed by atoms with Crippen molar-refractivity contribution >= 4 is 15.9 Å². The van der Waals surface area contributed by atoms with E-state index in [1.807, 2.05) is 49.0 Å². The molecule has 0 radical (unpaired) electrons. The molecule has 0 N–H and O–H groups in total. The van der Waals surface area contributed by atoms with Crippen LogP contribution in [-0.4, -0.2) is 9.55 Å². The van der Waals surface area contributed by atoms with Crippen molar-refractivity contribution in [2.24, 2.45) is 7.05 Å². The predicted octanol–water partition coefficient (Wildman–Crippen LogP) is 3.07. The molecule has 16 heavy (non-hydrogen) atoms. The molecule has 1 heterocycles. The number of hydrogen-bond donors (Lipinski definition) is 0. The maximum Gasteiger partial charge on any atom is 0.132 e. The fraction of sp³-hybridized carbons (Fsp3) is 0.250. The van der Waals surface area contributed by atoms with E-state index in [0.717, 1.165) is 21.7 Å². The van der Waals surface area contributed by atoms with Gasteiger partial charge in [0.25, 0.3) is 0 Å². The average molecular weight is 281 g/mol. The summed E-state index contributed by atoms with van der Waals surface area (Å²) < 4.78 is 8.65. The third-order valence-corrected chi connectivity index (χ3v) is 2.89. The van der Waals surface area contributed by atoms with E-state index >= 15 is 0 Å². The Morgan fingerprint density at radius 1 is 1.31 bits per heavy atom. The molecule has 0 aliphatic carbocycles. The monoisotopic (exact) mass is 280 g/mol. The van der Waals surface area contributed by atoms with Gasteiger partial charge in [-0.05, 0) is 31.2 Å². The van der Waals surface area contributed by atoms with Crippen LogP contribution in [0.2, 0.25) is 0 Å². The van der Waals surface area contributed by atoms with Crippen molar-refractivity contribution in [1.29, 1.82) is 0 Å². The first kappa shape index (κ1) is 11.2. The number of aryl methyl sites for hydroxylation is 2. The highest BCUT2D eigenvalue weighted by Gasteiger charge is 2.01. The summed E-state index contributed by atoms with van der Waals surface area (Å²) in [5.74, 6) is 1.85. The minimum atomic E-state index is 0.503. The molecule has 4 heteroatoms. The molecule has 0 amide bonds. The van der Waals surface area contributed by atoms with Crippen LogP contribution in [0, 0.1) is 6.92 Å². The molecule has 2 rings (SSSR count). The van der Waals surface area contributed by atoms with Crippen molar-refractivity contribution in [3.8, 4) is 5.75 Å². The van der Waals surface area contributed by atoms with Crippen LogP contribution in [0.25, 0.3) is 0 Å². The largest absolute Gasteiger partial charge is 0.487 e. The van der Waals surface area contributed by atoms with Crippen molar-refractivity contribution in [2.45, 2.75) is 13.5 Å². The Balaban J connectivity index is 1.99. The number of aromatic nitrogens is 2. The van der Waals surface area contributed by atoms with Crippen LogP contribution in [0.15, 0.2) is 34.9 Å². The summed E-state index contributed by atoms with van der Waals surface area (Å²) in [4.78, 5) is 4.37. The zero-order valence-corrected chi connectivity index (χ0v) is 10.9. The van der Waals surface area contributed by atoms with Gasteiger partial charge in [0, 0.05) is 17.7 Å². The molecule has 84 valence electrons. The second-order valence-corrected chi connectivity index (χ2v) is 4.55. The van der Waals surface area contributed by atoms with E-state index in [4.69, 9.17) is 4.74 Å². The van der Waals surface area contributed by atoms with Crippen LogP contribution in [0.5, 0.6) is 5.75 Å². The topological polar surface area (TPSA) is 27.1 Å². The summed E-state index contributed by atoms with van der Waals surface area (Å²) in [6.45, 7) is 2.48. The second kappa shape index (κ2) is 4.70. The van der Waals surface area contributed by atoms with E-state index in [1.54, 1.807) is 0 Å². The first-order valence-electron chi connectivity index (χ1n) is 5.02. The Morgan fingerprint density at radius 3 is 2.56 bits per heavy atom. The Bertz CT molecular complexity index is 457. The molecule has 0 aliphatic rings. The van der Waals surface area contributed by atoms with Gasteiger partial charge in [0.1, 0.15) is 18.2 Å². The molecule has 3 nitrogen and oxygen atoms in total. The van der Waals surface area contributed by atoms with Gasteiger partial charge >= 0.3 is 0 Å². The number of nitrogens with zero attached hydrogens (tertiary/aromatic N) is 2. The lowest BCUT2D eigenvalue weighted by atomic mass is 10.3. The standard InChI is InChI=1S/C12H13BrN2O/c1-9-14-11(7-15(9)2)8-16-12-5-3-10(13)4-6-12/h3-7H,8H2,1-2H3. The summed E-state index contributed by atoms with van der Waals surface area (Å²) in [5, 5.41) is 0. The maximum absolute atomic E-state index is 5.62. The van der Waals surface area contributed by atoms with Crippen molar-refractivity contribution < 1.29 is 4.74 Å². The number of benzene rings is 1. The third kappa shape index (κ3) is 2.64. The number of halogens is 1. The van der Waals surface area contributed by atoms with Crippen LogP contribution < -0.4 is 4.74 Å². The first-order valence-corrected chi connectivity index (χ1v) is 5.81. The Labute approximate surface area is 103 Å². The quantitative estimate of drug-likeness (QED) is 0.864. The molecule has 2 aromatic rings. The summed E-state index contributed by atoms with van der Waals surface area (Å²) >= 11 is 3.38. The van der Waals surface area contributed by atoms with Gasteiger partial charge in [-0.25, -0.2) is 4.98 Å². The number of imidazole rings is 1. The molecular weight excluding hydrogens is 268 g/mol. The Morgan fingerprint density at radius 2 is 2.00 bits per heavy atom. The van der Waals surface area contributed by atoms with Crippen molar-refractivity contribution in [1.82, 2.24) is 9.55 Å². The zero-order chi connectivity index (χ0) is 11.5. The molecule has 0 aliphatic heterocycles. The highest BCUT2D eigenvalue weighted by molar-refractivity contribution is 9.10. The number of hydrogen-bond acceptors (Lipinski definition) is 2. The average Bonchev–Trinajstić information content (AvgIpc) is 2.58. The fourth-order valence-corrected chi connectivity index (χ4v) is 1.65. The van der Waals surface area contributed by atoms with Crippen LogP contribution in [0.4, 0.5) is 0 Å². The van der Waals surface area contributed by atoms with Crippen LogP contribution in [0.1, 0.15) is 11.5 Å². The van der Waals surface area contributed by atoms with E-state index < -0.39 is 0 Å². The maximum atomic E-state index is 5.62. The van der Waals surface area contributed by atoms with E-state index in [-0.39, 0.29) is 0 Å². The number of ether oxygens (including phenoxy) is 1. The molecule has 1 aromatic carbocycles. The predicted molar refractivity (Wildman–Crippen MR) is 66.4 cm³/mol. The first-order chi connectivity index (χ1) is 7.65.